The number of amides is 1. The van der Waals surface area contributed by atoms with E-state index in [1.165, 1.54) is 5.56 Å². The van der Waals surface area contributed by atoms with Gasteiger partial charge in [0.1, 0.15) is 5.75 Å². The van der Waals surface area contributed by atoms with Gasteiger partial charge < -0.3 is 4.74 Å². The minimum absolute atomic E-state index is 0.0668. The van der Waals surface area contributed by atoms with Crippen molar-refractivity contribution < 1.29 is 9.53 Å². The highest BCUT2D eigenvalue weighted by molar-refractivity contribution is 5.99. The molecule has 2 aromatic rings. The summed E-state index contributed by atoms with van der Waals surface area (Å²) < 4.78 is 5.54. The van der Waals surface area contributed by atoms with Gasteiger partial charge >= 0.3 is 0 Å². The van der Waals surface area contributed by atoms with Gasteiger partial charge in [0, 0.05) is 0 Å². The second-order valence-corrected chi connectivity index (χ2v) is 7.67. The summed E-state index contributed by atoms with van der Waals surface area (Å²) in [6, 6.07) is 14.1. The summed E-state index contributed by atoms with van der Waals surface area (Å²) in [5, 5.41) is 4.17. The number of ether oxygens (including phenoxy) is 1. The Labute approximate surface area is 156 Å². The highest BCUT2D eigenvalue weighted by Crippen LogP contribution is 2.22. The van der Waals surface area contributed by atoms with E-state index < -0.39 is 0 Å². The number of rotatable bonds is 5. The molecule has 0 aliphatic carbocycles. The number of nitrogens with zero attached hydrogens (tertiary/aromatic N) is 1. The minimum Gasteiger partial charge on any atom is -0.484 e. The van der Waals surface area contributed by atoms with E-state index in [1.54, 1.807) is 0 Å². The molecule has 1 N–H and O–H groups in total. The Hall–Kier alpha value is -2.62. The molecule has 0 atom stereocenters. The maximum Gasteiger partial charge on any atom is 0.277 e. The average molecular weight is 352 g/mol. The molecule has 0 unspecified atom stereocenters. The second kappa shape index (κ2) is 8.17. The fourth-order valence-corrected chi connectivity index (χ4v) is 2.62. The summed E-state index contributed by atoms with van der Waals surface area (Å²) in [6.45, 7) is 12.3. The van der Waals surface area contributed by atoms with Gasteiger partial charge in [-0.15, -0.1) is 0 Å². The lowest BCUT2D eigenvalue weighted by molar-refractivity contribution is -0.123. The molecule has 0 aromatic heterocycles. The number of nitrogens with one attached hydrogen (secondary N) is 1. The molecule has 0 saturated heterocycles. The zero-order chi connectivity index (χ0) is 19.3. The van der Waals surface area contributed by atoms with Crippen LogP contribution in [0.15, 0.2) is 47.6 Å². The fraction of sp³-hybridized carbons (Fsp3) is 0.364. The Morgan fingerprint density at radius 2 is 1.62 bits per heavy atom. The number of aryl methyl sites for hydroxylation is 2. The van der Waals surface area contributed by atoms with Crippen molar-refractivity contribution in [3.05, 3.63) is 64.7 Å². The first-order valence-corrected chi connectivity index (χ1v) is 8.80. The first-order chi connectivity index (χ1) is 12.1. The number of hydrogen-bond donors (Lipinski definition) is 1. The zero-order valence-corrected chi connectivity index (χ0v) is 16.5. The molecule has 0 heterocycles. The second-order valence-electron chi connectivity index (χ2n) is 7.67. The van der Waals surface area contributed by atoms with Crippen LogP contribution < -0.4 is 10.2 Å². The molecule has 2 aromatic carbocycles. The van der Waals surface area contributed by atoms with E-state index in [9.17, 15) is 4.79 Å². The van der Waals surface area contributed by atoms with Crippen LogP contribution in [0.5, 0.6) is 5.75 Å². The molecule has 4 nitrogen and oxygen atoms in total. The molecular formula is C22H28N2O2. The summed E-state index contributed by atoms with van der Waals surface area (Å²) in [5.74, 6) is 0.408. The Kier molecular flexibility index (Phi) is 6.19. The van der Waals surface area contributed by atoms with Crippen LogP contribution in [-0.2, 0) is 10.2 Å². The van der Waals surface area contributed by atoms with Crippen LogP contribution in [-0.4, -0.2) is 18.2 Å². The van der Waals surface area contributed by atoms with Crippen molar-refractivity contribution >= 4 is 11.6 Å². The molecule has 0 aliphatic rings. The number of carbonyl (C=O) groups is 1. The quantitative estimate of drug-likeness (QED) is 0.635. The molecule has 4 heteroatoms. The van der Waals surface area contributed by atoms with Crippen LogP contribution in [0.3, 0.4) is 0 Å². The topological polar surface area (TPSA) is 50.7 Å². The lowest BCUT2D eigenvalue weighted by Gasteiger charge is -2.19. The molecule has 0 fully saturated rings. The standard InChI is InChI=1S/C22H28N2O2/c1-15-11-16(2)13-20(12-15)26-14-21(25)24-23-17(3)18-7-9-19(10-8-18)22(4,5)6/h7-13H,14H2,1-6H3,(H,24,25). The molecule has 0 radical (unpaired) electrons. The van der Waals surface area contributed by atoms with Crippen molar-refractivity contribution in [2.75, 3.05) is 6.61 Å². The molecule has 0 aliphatic heterocycles. The van der Waals surface area contributed by atoms with E-state index in [1.807, 2.05) is 45.0 Å². The number of benzene rings is 2. The van der Waals surface area contributed by atoms with Gasteiger partial charge in [-0.3, -0.25) is 4.79 Å². The van der Waals surface area contributed by atoms with Crippen LogP contribution in [0.25, 0.3) is 0 Å². The van der Waals surface area contributed by atoms with Crippen LogP contribution in [0.2, 0.25) is 0 Å². The largest absolute Gasteiger partial charge is 0.484 e. The lowest BCUT2D eigenvalue weighted by Crippen LogP contribution is -2.25. The monoisotopic (exact) mass is 352 g/mol. The fourth-order valence-electron chi connectivity index (χ4n) is 2.62. The van der Waals surface area contributed by atoms with Crippen molar-refractivity contribution in [3.63, 3.8) is 0 Å². The van der Waals surface area contributed by atoms with E-state index in [4.69, 9.17) is 4.74 Å². The molecule has 1 amide bonds. The Morgan fingerprint density at radius 3 is 2.15 bits per heavy atom. The summed E-state index contributed by atoms with van der Waals surface area (Å²) in [4.78, 5) is 12.0. The minimum atomic E-state index is -0.283. The molecule has 2 rings (SSSR count). The predicted octanol–water partition coefficient (Wildman–Crippen LogP) is 4.52. The maximum atomic E-state index is 12.0. The van der Waals surface area contributed by atoms with Crippen LogP contribution in [0, 0.1) is 13.8 Å². The van der Waals surface area contributed by atoms with E-state index in [0.717, 1.165) is 22.4 Å². The zero-order valence-electron chi connectivity index (χ0n) is 16.5. The summed E-state index contributed by atoms with van der Waals surface area (Å²) in [6.07, 6.45) is 0. The van der Waals surface area contributed by atoms with E-state index in [2.05, 4.69) is 49.5 Å². The third-order valence-electron chi connectivity index (χ3n) is 4.08. The first-order valence-electron chi connectivity index (χ1n) is 8.80. The SMILES string of the molecule is CC(=NNC(=O)COc1cc(C)cc(C)c1)c1ccc(C(C)(C)C)cc1. The van der Waals surface area contributed by atoms with Gasteiger partial charge in [0.2, 0.25) is 0 Å². The molecule has 0 saturated carbocycles. The summed E-state index contributed by atoms with van der Waals surface area (Å²) >= 11 is 0. The van der Waals surface area contributed by atoms with Gasteiger partial charge in [0.05, 0.1) is 5.71 Å². The Morgan fingerprint density at radius 1 is 1.04 bits per heavy atom. The van der Waals surface area contributed by atoms with E-state index in [-0.39, 0.29) is 17.9 Å². The number of hydrazone groups is 1. The Bertz CT molecular complexity index is 780. The van der Waals surface area contributed by atoms with Crippen LogP contribution in [0.1, 0.15) is 49.9 Å². The maximum absolute atomic E-state index is 12.0. The average Bonchev–Trinajstić information content (AvgIpc) is 2.56. The molecular weight excluding hydrogens is 324 g/mol. The van der Waals surface area contributed by atoms with Gasteiger partial charge in [-0.05, 0) is 60.6 Å². The van der Waals surface area contributed by atoms with Crippen molar-refractivity contribution in [2.45, 2.75) is 47.0 Å². The van der Waals surface area contributed by atoms with Crippen LogP contribution in [0.4, 0.5) is 0 Å². The third-order valence-corrected chi connectivity index (χ3v) is 4.08. The van der Waals surface area contributed by atoms with Crippen molar-refractivity contribution in [1.82, 2.24) is 5.43 Å². The van der Waals surface area contributed by atoms with Gasteiger partial charge in [-0.25, -0.2) is 5.43 Å². The van der Waals surface area contributed by atoms with Gasteiger partial charge in [-0.2, -0.15) is 5.10 Å². The third kappa shape index (κ3) is 5.73. The normalized spacial score (nSPS) is 12.0. The van der Waals surface area contributed by atoms with Gasteiger partial charge in [0.25, 0.3) is 5.91 Å². The van der Waals surface area contributed by atoms with E-state index in [0.29, 0.717) is 5.75 Å². The smallest absolute Gasteiger partial charge is 0.277 e. The predicted molar refractivity (Wildman–Crippen MR) is 107 cm³/mol. The highest BCUT2D eigenvalue weighted by atomic mass is 16.5. The number of hydrogen-bond acceptors (Lipinski definition) is 3. The van der Waals surface area contributed by atoms with Gasteiger partial charge in [0.15, 0.2) is 6.61 Å². The molecule has 0 spiro atoms. The highest BCUT2D eigenvalue weighted by Gasteiger charge is 2.13. The molecule has 26 heavy (non-hydrogen) atoms. The lowest BCUT2D eigenvalue weighted by atomic mass is 9.86. The van der Waals surface area contributed by atoms with Crippen LogP contribution >= 0.6 is 0 Å². The van der Waals surface area contributed by atoms with Gasteiger partial charge in [-0.1, -0.05) is 51.1 Å². The van der Waals surface area contributed by atoms with Crippen molar-refractivity contribution in [3.8, 4) is 5.75 Å². The van der Waals surface area contributed by atoms with E-state index >= 15 is 0 Å². The van der Waals surface area contributed by atoms with Crippen molar-refractivity contribution in [1.29, 1.82) is 0 Å². The first kappa shape index (κ1) is 19.7. The Balaban J connectivity index is 1.92. The van der Waals surface area contributed by atoms with Crippen molar-refractivity contribution in [2.24, 2.45) is 5.10 Å². The molecule has 0 bridgehead atoms. The summed E-state index contributed by atoms with van der Waals surface area (Å²) in [7, 11) is 0. The summed E-state index contributed by atoms with van der Waals surface area (Å²) in [5.41, 5.74) is 7.87. The molecule has 138 valence electrons. The number of carbonyl (C=O) groups excluding carboxylic acids is 1.